The second kappa shape index (κ2) is 5.33. The van der Waals surface area contributed by atoms with Crippen molar-refractivity contribution >= 4 is 0 Å². The molecule has 1 rings (SSSR count). The minimum Gasteiger partial charge on any atom is -0.392 e. The maximum Gasteiger partial charge on any atom is 0.0612 e. The molecule has 1 saturated heterocycles. The predicted octanol–water partition coefficient (Wildman–Crippen LogP) is 1.02. The van der Waals surface area contributed by atoms with Crippen LogP contribution in [-0.2, 0) is 0 Å². The molecule has 0 aromatic carbocycles. The number of nitrogens with zero attached hydrogens (tertiary/aromatic N) is 1. The molecule has 0 aliphatic carbocycles. The highest BCUT2D eigenvalue weighted by molar-refractivity contribution is 4.84. The highest BCUT2D eigenvalue weighted by Gasteiger charge is 2.06. The molecule has 0 bridgehead atoms. The van der Waals surface area contributed by atoms with Gasteiger partial charge in [0.25, 0.3) is 0 Å². The minimum atomic E-state index is 0.174. The molecule has 0 aromatic heterocycles. The summed E-state index contributed by atoms with van der Waals surface area (Å²) in [5.41, 5.74) is 0. The largest absolute Gasteiger partial charge is 0.392 e. The molecule has 0 saturated carbocycles. The third kappa shape index (κ3) is 3.54. The van der Waals surface area contributed by atoms with Gasteiger partial charge in [0.2, 0.25) is 0 Å². The monoisotopic (exact) mass is 155 g/mol. The van der Waals surface area contributed by atoms with Crippen LogP contribution in [0.2, 0.25) is 0 Å². The summed E-state index contributed by atoms with van der Waals surface area (Å²) in [5.74, 6) is 0. The van der Waals surface area contributed by atoms with E-state index in [1.165, 1.54) is 32.4 Å². The van der Waals surface area contributed by atoms with E-state index in [9.17, 15) is 0 Å². The van der Waals surface area contributed by atoms with Gasteiger partial charge in [-0.25, -0.2) is 0 Å². The van der Waals surface area contributed by atoms with Crippen LogP contribution < -0.4 is 0 Å². The molecule has 0 aromatic rings. The quantitative estimate of drug-likeness (QED) is 0.615. The Morgan fingerprint density at radius 3 is 2.45 bits per heavy atom. The first-order valence-corrected chi connectivity index (χ1v) is 4.41. The number of aliphatic hydroxyl groups excluding tert-OH is 1. The first kappa shape index (κ1) is 8.75. The summed E-state index contributed by atoms with van der Waals surface area (Å²) in [6, 6.07) is 0. The smallest absolute Gasteiger partial charge is 0.0612 e. The maximum atomic E-state index is 8.49. The molecule has 1 aliphatic heterocycles. The van der Waals surface area contributed by atoms with Crippen molar-refractivity contribution in [1.29, 1.82) is 0 Å². The summed E-state index contributed by atoms with van der Waals surface area (Å²) in [6.07, 6.45) is 7.93. The van der Waals surface area contributed by atoms with E-state index < -0.39 is 0 Å². The average molecular weight is 155 g/mol. The average Bonchev–Trinajstić information content (AvgIpc) is 2.07. The fraction of sp³-hybridized carbons (Fsp3) is 0.778. The Morgan fingerprint density at radius 2 is 1.82 bits per heavy atom. The van der Waals surface area contributed by atoms with Crippen LogP contribution in [0.1, 0.15) is 19.3 Å². The van der Waals surface area contributed by atoms with Crippen LogP contribution in [0.25, 0.3) is 0 Å². The van der Waals surface area contributed by atoms with Crippen molar-refractivity contribution in [2.24, 2.45) is 0 Å². The van der Waals surface area contributed by atoms with Crippen molar-refractivity contribution in [1.82, 2.24) is 4.90 Å². The molecule has 0 unspecified atom stereocenters. The SMILES string of the molecule is OC/C=C/CN1CCCCC1. The van der Waals surface area contributed by atoms with Gasteiger partial charge < -0.3 is 5.11 Å². The molecule has 64 valence electrons. The zero-order chi connectivity index (χ0) is 7.94. The highest BCUT2D eigenvalue weighted by atomic mass is 16.2. The van der Waals surface area contributed by atoms with E-state index in [2.05, 4.69) is 4.90 Å². The van der Waals surface area contributed by atoms with Crippen LogP contribution in [0.3, 0.4) is 0 Å². The number of hydrogen-bond acceptors (Lipinski definition) is 2. The van der Waals surface area contributed by atoms with Crippen LogP contribution in [0.4, 0.5) is 0 Å². The van der Waals surface area contributed by atoms with Crippen molar-refractivity contribution in [2.75, 3.05) is 26.2 Å². The lowest BCUT2D eigenvalue weighted by atomic mass is 10.1. The third-order valence-corrected chi connectivity index (χ3v) is 2.08. The molecule has 0 radical (unpaired) electrons. The molecule has 0 amide bonds. The van der Waals surface area contributed by atoms with Crippen molar-refractivity contribution in [3.05, 3.63) is 12.2 Å². The molecule has 1 fully saturated rings. The van der Waals surface area contributed by atoms with E-state index in [0.717, 1.165) is 6.54 Å². The lowest BCUT2D eigenvalue weighted by Crippen LogP contribution is -2.29. The summed E-state index contributed by atoms with van der Waals surface area (Å²) in [7, 11) is 0. The van der Waals surface area contributed by atoms with Gasteiger partial charge in [-0.15, -0.1) is 0 Å². The normalized spacial score (nSPS) is 21.2. The van der Waals surface area contributed by atoms with Crippen LogP contribution in [0, 0.1) is 0 Å². The summed E-state index contributed by atoms with van der Waals surface area (Å²) < 4.78 is 0. The molecule has 0 spiro atoms. The van der Waals surface area contributed by atoms with Crippen LogP contribution in [0.5, 0.6) is 0 Å². The van der Waals surface area contributed by atoms with Crippen molar-refractivity contribution < 1.29 is 5.11 Å². The number of rotatable bonds is 3. The highest BCUT2D eigenvalue weighted by Crippen LogP contribution is 2.07. The molecule has 1 N–H and O–H groups in total. The Labute approximate surface area is 68.5 Å². The molecule has 1 aliphatic rings. The maximum absolute atomic E-state index is 8.49. The lowest BCUT2D eigenvalue weighted by Gasteiger charge is -2.24. The molecule has 2 nitrogen and oxygen atoms in total. The van der Waals surface area contributed by atoms with E-state index >= 15 is 0 Å². The number of hydrogen-bond donors (Lipinski definition) is 1. The fourth-order valence-electron chi connectivity index (χ4n) is 1.44. The van der Waals surface area contributed by atoms with Crippen molar-refractivity contribution in [3.8, 4) is 0 Å². The summed E-state index contributed by atoms with van der Waals surface area (Å²) in [5, 5.41) is 8.49. The Balaban J connectivity index is 2.09. The van der Waals surface area contributed by atoms with Crippen LogP contribution in [0.15, 0.2) is 12.2 Å². The predicted molar refractivity (Wildman–Crippen MR) is 46.5 cm³/mol. The van der Waals surface area contributed by atoms with Gasteiger partial charge in [0.05, 0.1) is 6.61 Å². The van der Waals surface area contributed by atoms with E-state index in [4.69, 9.17) is 5.11 Å². The topological polar surface area (TPSA) is 23.5 Å². The van der Waals surface area contributed by atoms with Crippen LogP contribution in [-0.4, -0.2) is 36.2 Å². The van der Waals surface area contributed by atoms with E-state index in [1.807, 2.05) is 12.2 Å². The molecule has 2 heteroatoms. The van der Waals surface area contributed by atoms with E-state index in [0.29, 0.717) is 0 Å². The van der Waals surface area contributed by atoms with Gasteiger partial charge in [0, 0.05) is 6.54 Å². The Kier molecular flexibility index (Phi) is 4.24. The van der Waals surface area contributed by atoms with Crippen molar-refractivity contribution in [2.45, 2.75) is 19.3 Å². The standard InChI is InChI=1S/C9H17NO/c11-9-5-4-8-10-6-2-1-3-7-10/h4-5,11H,1-3,6-9H2/b5-4+. The summed E-state index contributed by atoms with van der Waals surface area (Å²) in [6.45, 7) is 3.65. The lowest BCUT2D eigenvalue weighted by molar-refractivity contribution is 0.251. The van der Waals surface area contributed by atoms with Crippen LogP contribution >= 0.6 is 0 Å². The molecule has 11 heavy (non-hydrogen) atoms. The first-order chi connectivity index (χ1) is 5.43. The van der Waals surface area contributed by atoms with Crippen molar-refractivity contribution in [3.63, 3.8) is 0 Å². The van der Waals surface area contributed by atoms with Gasteiger partial charge in [-0.05, 0) is 25.9 Å². The van der Waals surface area contributed by atoms with E-state index in [1.54, 1.807) is 0 Å². The second-order valence-corrected chi connectivity index (χ2v) is 3.02. The molecular weight excluding hydrogens is 138 g/mol. The van der Waals surface area contributed by atoms with Gasteiger partial charge in [0.1, 0.15) is 0 Å². The summed E-state index contributed by atoms with van der Waals surface area (Å²) in [4.78, 5) is 2.43. The van der Waals surface area contributed by atoms with Gasteiger partial charge >= 0.3 is 0 Å². The third-order valence-electron chi connectivity index (χ3n) is 2.08. The molecular formula is C9H17NO. The second-order valence-electron chi connectivity index (χ2n) is 3.02. The Hall–Kier alpha value is -0.340. The summed E-state index contributed by atoms with van der Waals surface area (Å²) >= 11 is 0. The molecule has 1 heterocycles. The zero-order valence-corrected chi connectivity index (χ0v) is 7.00. The molecule has 0 atom stereocenters. The number of likely N-dealkylation sites (tertiary alicyclic amines) is 1. The van der Waals surface area contributed by atoms with Gasteiger partial charge in [-0.1, -0.05) is 18.6 Å². The Bertz CT molecular complexity index is 117. The van der Waals surface area contributed by atoms with Gasteiger partial charge in [-0.3, -0.25) is 4.90 Å². The van der Waals surface area contributed by atoms with Gasteiger partial charge in [-0.2, -0.15) is 0 Å². The zero-order valence-electron chi connectivity index (χ0n) is 7.00. The van der Waals surface area contributed by atoms with E-state index in [-0.39, 0.29) is 6.61 Å². The van der Waals surface area contributed by atoms with Gasteiger partial charge in [0.15, 0.2) is 0 Å². The number of aliphatic hydroxyl groups is 1. The minimum absolute atomic E-state index is 0.174. The Morgan fingerprint density at radius 1 is 1.09 bits per heavy atom. The fourth-order valence-corrected chi connectivity index (χ4v) is 1.44. The first-order valence-electron chi connectivity index (χ1n) is 4.41. The number of piperidine rings is 1.